The Morgan fingerprint density at radius 1 is 1.36 bits per heavy atom. The highest BCUT2D eigenvalue weighted by atomic mass is 14.0. The van der Waals surface area contributed by atoms with Crippen molar-refractivity contribution >= 4 is 0 Å². The van der Waals surface area contributed by atoms with Gasteiger partial charge in [-0.15, -0.1) is 0 Å². The lowest BCUT2D eigenvalue weighted by atomic mass is 10.0. The molecule has 0 rings (SSSR count). The maximum atomic E-state index is 3.97. The molecule has 0 heterocycles. The smallest absolute Gasteiger partial charge is 0.0225 e. The van der Waals surface area contributed by atoms with Gasteiger partial charge in [-0.3, -0.25) is 0 Å². The van der Waals surface area contributed by atoms with Crippen LogP contribution in [0.25, 0.3) is 0 Å². The summed E-state index contributed by atoms with van der Waals surface area (Å²) in [7, 11) is 0. The van der Waals surface area contributed by atoms with E-state index in [1.807, 2.05) is 13.0 Å². The number of allylic oxidation sites excluding steroid dienone is 5. The molecule has 11 heavy (non-hydrogen) atoms. The fourth-order valence-electron chi connectivity index (χ4n) is 0.770. The van der Waals surface area contributed by atoms with E-state index >= 15 is 0 Å². The predicted molar refractivity (Wildman–Crippen MR) is 52.5 cm³/mol. The average molecular weight is 150 g/mol. The van der Waals surface area contributed by atoms with Crippen molar-refractivity contribution in [2.75, 3.05) is 0 Å². The van der Waals surface area contributed by atoms with Gasteiger partial charge in [0.25, 0.3) is 0 Å². The molecule has 0 radical (unpaired) electrons. The number of hydrogen-bond donors (Lipinski definition) is 0. The molecule has 0 nitrogen and oxygen atoms in total. The molecule has 0 N–H and O–H groups in total. The molecule has 0 bridgehead atoms. The molecular formula is C11H18. The molecule has 0 spiro atoms. The number of hydrogen-bond acceptors (Lipinski definition) is 0. The normalized spacial score (nSPS) is 13.0. The summed E-state index contributed by atoms with van der Waals surface area (Å²) in [6, 6.07) is 0. The first-order valence-electron chi connectivity index (χ1n) is 4.07. The van der Waals surface area contributed by atoms with Gasteiger partial charge in [0.05, 0.1) is 0 Å². The molecule has 0 atom stereocenters. The molecule has 0 saturated heterocycles. The van der Waals surface area contributed by atoms with E-state index in [0.29, 0.717) is 5.92 Å². The summed E-state index contributed by atoms with van der Waals surface area (Å²) in [4.78, 5) is 0. The van der Waals surface area contributed by atoms with Crippen LogP contribution in [0.1, 0.15) is 27.7 Å². The molecular weight excluding hydrogens is 132 g/mol. The Kier molecular flexibility index (Phi) is 4.60. The Morgan fingerprint density at radius 2 is 1.91 bits per heavy atom. The second-order valence-electron chi connectivity index (χ2n) is 3.12. The van der Waals surface area contributed by atoms with Crippen LogP contribution in [0.15, 0.2) is 36.0 Å². The molecule has 0 aromatic rings. The Bertz CT molecular complexity index is 180. The van der Waals surface area contributed by atoms with E-state index in [2.05, 4.69) is 39.5 Å². The third-order valence-electron chi connectivity index (χ3n) is 1.58. The SMILES string of the molecule is C=C(C=C(C)C=CC)C(C)C. The van der Waals surface area contributed by atoms with Crippen molar-refractivity contribution in [1.29, 1.82) is 0 Å². The summed E-state index contributed by atoms with van der Waals surface area (Å²) < 4.78 is 0. The summed E-state index contributed by atoms with van der Waals surface area (Å²) in [6.45, 7) is 12.4. The van der Waals surface area contributed by atoms with Crippen molar-refractivity contribution in [3.8, 4) is 0 Å². The van der Waals surface area contributed by atoms with Gasteiger partial charge in [-0.25, -0.2) is 0 Å². The second kappa shape index (κ2) is 4.95. The molecule has 62 valence electrons. The zero-order valence-corrected chi connectivity index (χ0v) is 8.02. The van der Waals surface area contributed by atoms with E-state index < -0.39 is 0 Å². The van der Waals surface area contributed by atoms with Gasteiger partial charge in [-0.1, -0.05) is 49.8 Å². The van der Waals surface area contributed by atoms with Gasteiger partial charge < -0.3 is 0 Å². The van der Waals surface area contributed by atoms with Crippen molar-refractivity contribution in [3.05, 3.63) is 36.0 Å². The molecule has 0 aromatic carbocycles. The Labute approximate surface area is 70.3 Å². The molecule has 0 unspecified atom stereocenters. The Balaban J connectivity index is 4.19. The first kappa shape index (κ1) is 10.2. The summed E-state index contributed by atoms with van der Waals surface area (Å²) in [5.41, 5.74) is 2.46. The molecule has 0 aliphatic carbocycles. The molecule has 0 aromatic heterocycles. The standard InChI is InChI=1S/C11H18/c1-6-7-10(4)8-11(5)9(2)3/h6-9H,5H2,1-4H3. The summed E-state index contributed by atoms with van der Waals surface area (Å²) in [5, 5.41) is 0. The van der Waals surface area contributed by atoms with Crippen LogP contribution in [0.5, 0.6) is 0 Å². The van der Waals surface area contributed by atoms with Crippen LogP contribution in [-0.4, -0.2) is 0 Å². The fraction of sp³-hybridized carbons (Fsp3) is 0.455. The minimum atomic E-state index is 0.551. The first-order valence-corrected chi connectivity index (χ1v) is 4.07. The maximum absolute atomic E-state index is 3.97. The van der Waals surface area contributed by atoms with E-state index in [4.69, 9.17) is 0 Å². The van der Waals surface area contributed by atoms with Crippen molar-refractivity contribution < 1.29 is 0 Å². The molecule has 0 aliphatic rings. The van der Waals surface area contributed by atoms with Crippen LogP contribution in [0.2, 0.25) is 0 Å². The Morgan fingerprint density at radius 3 is 2.27 bits per heavy atom. The van der Waals surface area contributed by atoms with E-state index in [9.17, 15) is 0 Å². The first-order chi connectivity index (χ1) is 5.07. The van der Waals surface area contributed by atoms with Gasteiger partial charge in [0.15, 0.2) is 0 Å². The lowest BCUT2D eigenvalue weighted by Crippen LogP contribution is -1.88. The highest BCUT2D eigenvalue weighted by Gasteiger charge is 1.94. The fourth-order valence-corrected chi connectivity index (χ4v) is 0.770. The van der Waals surface area contributed by atoms with E-state index in [1.165, 1.54) is 11.1 Å². The molecule has 0 amide bonds. The molecule has 0 aliphatic heterocycles. The van der Waals surface area contributed by atoms with Crippen LogP contribution in [-0.2, 0) is 0 Å². The summed E-state index contributed by atoms with van der Waals surface area (Å²) in [6.07, 6.45) is 6.26. The third kappa shape index (κ3) is 4.60. The van der Waals surface area contributed by atoms with Crippen molar-refractivity contribution in [3.63, 3.8) is 0 Å². The van der Waals surface area contributed by atoms with E-state index in [-0.39, 0.29) is 0 Å². The summed E-state index contributed by atoms with van der Waals surface area (Å²) in [5.74, 6) is 0.551. The molecule has 0 heteroatoms. The van der Waals surface area contributed by atoms with Gasteiger partial charge in [0, 0.05) is 0 Å². The third-order valence-corrected chi connectivity index (χ3v) is 1.58. The van der Waals surface area contributed by atoms with Gasteiger partial charge in [-0.05, 0) is 19.8 Å². The predicted octanol–water partition coefficient (Wildman–Crippen LogP) is 3.72. The summed E-state index contributed by atoms with van der Waals surface area (Å²) >= 11 is 0. The maximum Gasteiger partial charge on any atom is -0.0225 e. The lowest BCUT2D eigenvalue weighted by Gasteiger charge is -2.03. The molecule has 0 saturated carbocycles. The van der Waals surface area contributed by atoms with Gasteiger partial charge in [0.1, 0.15) is 0 Å². The zero-order valence-electron chi connectivity index (χ0n) is 8.02. The van der Waals surface area contributed by atoms with Crippen molar-refractivity contribution in [2.24, 2.45) is 5.92 Å². The van der Waals surface area contributed by atoms with Crippen LogP contribution in [0.3, 0.4) is 0 Å². The van der Waals surface area contributed by atoms with Gasteiger partial charge >= 0.3 is 0 Å². The largest absolute Gasteiger partial charge is 0.0956 e. The quantitative estimate of drug-likeness (QED) is 0.538. The van der Waals surface area contributed by atoms with Crippen molar-refractivity contribution in [1.82, 2.24) is 0 Å². The van der Waals surface area contributed by atoms with Gasteiger partial charge in [0.2, 0.25) is 0 Å². The van der Waals surface area contributed by atoms with Crippen LogP contribution >= 0.6 is 0 Å². The minimum absolute atomic E-state index is 0.551. The van der Waals surface area contributed by atoms with E-state index in [1.54, 1.807) is 0 Å². The second-order valence-corrected chi connectivity index (χ2v) is 3.12. The molecule has 0 fully saturated rings. The monoisotopic (exact) mass is 150 g/mol. The average Bonchev–Trinajstić information content (AvgIpc) is 1.87. The van der Waals surface area contributed by atoms with Gasteiger partial charge in [-0.2, -0.15) is 0 Å². The van der Waals surface area contributed by atoms with Crippen LogP contribution in [0.4, 0.5) is 0 Å². The zero-order chi connectivity index (χ0) is 8.85. The Hall–Kier alpha value is -0.780. The number of rotatable bonds is 3. The van der Waals surface area contributed by atoms with Crippen LogP contribution in [0, 0.1) is 5.92 Å². The minimum Gasteiger partial charge on any atom is -0.0956 e. The highest BCUT2D eigenvalue weighted by molar-refractivity contribution is 5.27. The lowest BCUT2D eigenvalue weighted by molar-refractivity contribution is 0.794. The topological polar surface area (TPSA) is 0 Å². The van der Waals surface area contributed by atoms with Crippen LogP contribution < -0.4 is 0 Å². The van der Waals surface area contributed by atoms with E-state index in [0.717, 1.165) is 0 Å². The van der Waals surface area contributed by atoms with Crippen molar-refractivity contribution in [2.45, 2.75) is 27.7 Å². The highest BCUT2D eigenvalue weighted by Crippen LogP contribution is 2.10.